The molecule has 10 heteroatoms. The van der Waals surface area contributed by atoms with Crippen LogP contribution in [0.15, 0.2) is 39.8 Å². The maximum atomic E-state index is 12.8. The van der Waals surface area contributed by atoms with E-state index in [0.717, 1.165) is 0 Å². The standard InChI is InChI=1S/C19H24N4O5S/c1-13-12-18(21-28-13)20-19(25)14(2)22-8-10-23(11-9-22)29(26,27)17-6-4-16(5-7-17)15(3)24/h4-7,12,14H,8-11H2,1-3H3,(H,20,21,25). The number of aryl methyl sites for hydroxylation is 1. The number of carbonyl (C=O) groups is 2. The molecule has 1 aromatic heterocycles. The fourth-order valence-electron chi connectivity index (χ4n) is 3.16. The zero-order chi connectivity index (χ0) is 21.2. The Morgan fingerprint density at radius 2 is 1.76 bits per heavy atom. The van der Waals surface area contributed by atoms with Crippen LogP contribution in [0.5, 0.6) is 0 Å². The van der Waals surface area contributed by atoms with Crippen molar-refractivity contribution < 1.29 is 22.5 Å². The van der Waals surface area contributed by atoms with Crippen LogP contribution in [-0.2, 0) is 14.8 Å². The molecule has 2 heterocycles. The lowest BCUT2D eigenvalue weighted by atomic mass is 10.2. The van der Waals surface area contributed by atoms with E-state index in [1.54, 1.807) is 19.9 Å². The number of sulfonamides is 1. The van der Waals surface area contributed by atoms with Crippen LogP contribution in [0.4, 0.5) is 5.82 Å². The lowest BCUT2D eigenvalue weighted by Crippen LogP contribution is -2.53. The number of benzene rings is 1. The van der Waals surface area contributed by atoms with Gasteiger partial charge in [0.25, 0.3) is 0 Å². The van der Waals surface area contributed by atoms with Gasteiger partial charge in [-0.25, -0.2) is 8.42 Å². The predicted molar refractivity (Wildman–Crippen MR) is 106 cm³/mol. The van der Waals surface area contributed by atoms with E-state index in [2.05, 4.69) is 10.5 Å². The lowest BCUT2D eigenvalue weighted by molar-refractivity contribution is -0.121. The summed E-state index contributed by atoms with van der Waals surface area (Å²) in [6, 6.07) is 7.13. The summed E-state index contributed by atoms with van der Waals surface area (Å²) in [7, 11) is -3.65. The van der Waals surface area contributed by atoms with Crippen LogP contribution in [0, 0.1) is 6.92 Å². The van der Waals surface area contributed by atoms with Crippen LogP contribution in [0.1, 0.15) is 30.0 Å². The number of hydrogen-bond acceptors (Lipinski definition) is 7. The van der Waals surface area contributed by atoms with Crippen molar-refractivity contribution in [1.82, 2.24) is 14.4 Å². The first-order chi connectivity index (χ1) is 13.7. The van der Waals surface area contributed by atoms with Gasteiger partial charge in [-0.1, -0.05) is 17.3 Å². The average Bonchev–Trinajstić information content (AvgIpc) is 3.12. The summed E-state index contributed by atoms with van der Waals surface area (Å²) in [6.07, 6.45) is 0. The Morgan fingerprint density at radius 3 is 2.28 bits per heavy atom. The van der Waals surface area contributed by atoms with Crippen molar-refractivity contribution in [3.63, 3.8) is 0 Å². The first kappa shape index (κ1) is 21.2. The van der Waals surface area contributed by atoms with Crippen LogP contribution >= 0.6 is 0 Å². The number of piperazine rings is 1. The molecule has 1 unspecified atom stereocenters. The fourth-order valence-corrected chi connectivity index (χ4v) is 4.59. The summed E-state index contributed by atoms with van der Waals surface area (Å²) in [5.41, 5.74) is 0.468. The van der Waals surface area contributed by atoms with Gasteiger partial charge in [0.05, 0.1) is 10.9 Å². The van der Waals surface area contributed by atoms with Gasteiger partial charge in [-0.05, 0) is 32.9 Å². The molecule has 1 amide bonds. The van der Waals surface area contributed by atoms with E-state index in [0.29, 0.717) is 30.2 Å². The van der Waals surface area contributed by atoms with Crippen molar-refractivity contribution in [2.75, 3.05) is 31.5 Å². The van der Waals surface area contributed by atoms with Gasteiger partial charge in [0.2, 0.25) is 15.9 Å². The lowest BCUT2D eigenvalue weighted by Gasteiger charge is -2.36. The topological polar surface area (TPSA) is 113 Å². The summed E-state index contributed by atoms with van der Waals surface area (Å²) in [5, 5.41) is 6.44. The molecule has 9 nitrogen and oxygen atoms in total. The van der Waals surface area contributed by atoms with Crippen LogP contribution < -0.4 is 5.32 Å². The normalized spacial score (nSPS) is 17.1. The molecule has 0 radical (unpaired) electrons. The second-order valence-corrected chi connectivity index (χ2v) is 8.95. The van der Waals surface area contributed by atoms with E-state index in [4.69, 9.17) is 4.52 Å². The quantitative estimate of drug-likeness (QED) is 0.705. The molecule has 1 saturated heterocycles. The van der Waals surface area contributed by atoms with E-state index in [1.807, 2.05) is 4.90 Å². The smallest absolute Gasteiger partial charge is 0.243 e. The molecule has 0 spiro atoms. The molecule has 1 N–H and O–H groups in total. The van der Waals surface area contributed by atoms with Crippen LogP contribution in [0.3, 0.4) is 0 Å². The number of carbonyl (C=O) groups excluding carboxylic acids is 2. The molecule has 0 aliphatic carbocycles. The number of anilines is 1. The van der Waals surface area contributed by atoms with E-state index < -0.39 is 16.1 Å². The largest absolute Gasteiger partial charge is 0.360 e. The summed E-state index contributed by atoms with van der Waals surface area (Å²) in [5.74, 6) is 0.614. The van der Waals surface area contributed by atoms with Crippen LogP contribution in [0.25, 0.3) is 0 Å². The molecule has 29 heavy (non-hydrogen) atoms. The maximum absolute atomic E-state index is 12.8. The van der Waals surface area contributed by atoms with Gasteiger partial charge in [0.15, 0.2) is 11.6 Å². The maximum Gasteiger partial charge on any atom is 0.243 e. The molecule has 156 valence electrons. The molecule has 1 atom stereocenters. The summed E-state index contributed by atoms with van der Waals surface area (Å²) >= 11 is 0. The van der Waals surface area contributed by atoms with Gasteiger partial charge >= 0.3 is 0 Å². The molecule has 1 aliphatic heterocycles. The Bertz CT molecular complexity index is 992. The van der Waals surface area contributed by atoms with Gasteiger partial charge in [-0.2, -0.15) is 4.31 Å². The minimum absolute atomic E-state index is 0.115. The van der Waals surface area contributed by atoms with Gasteiger partial charge in [-0.15, -0.1) is 0 Å². The van der Waals surface area contributed by atoms with Crippen molar-refractivity contribution in [2.45, 2.75) is 31.7 Å². The fraction of sp³-hybridized carbons (Fsp3) is 0.421. The van der Waals surface area contributed by atoms with E-state index >= 15 is 0 Å². The molecule has 1 aliphatic rings. The van der Waals surface area contributed by atoms with Crippen molar-refractivity contribution >= 4 is 27.5 Å². The number of ketones is 1. The first-order valence-electron chi connectivity index (χ1n) is 9.28. The van der Waals surface area contributed by atoms with Crippen molar-refractivity contribution in [3.05, 3.63) is 41.7 Å². The van der Waals surface area contributed by atoms with Crippen molar-refractivity contribution in [1.29, 1.82) is 0 Å². The van der Waals surface area contributed by atoms with Gasteiger partial charge < -0.3 is 9.84 Å². The number of hydrogen-bond donors (Lipinski definition) is 1. The minimum Gasteiger partial charge on any atom is -0.360 e. The van der Waals surface area contributed by atoms with Gasteiger partial charge in [0.1, 0.15) is 5.76 Å². The first-order valence-corrected chi connectivity index (χ1v) is 10.7. The van der Waals surface area contributed by atoms with Crippen molar-refractivity contribution in [2.24, 2.45) is 0 Å². The molecule has 0 bridgehead atoms. The third kappa shape index (κ3) is 4.72. The number of aromatic nitrogens is 1. The zero-order valence-electron chi connectivity index (χ0n) is 16.6. The highest BCUT2D eigenvalue weighted by Gasteiger charge is 2.32. The molecular formula is C19H24N4O5S. The Hall–Kier alpha value is -2.56. The minimum atomic E-state index is -3.65. The van der Waals surface area contributed by atoms with E-state index in [-0.39, 0.29) is 29.7 Å². The van der Waals surface area contributed by atoms with Crippen molar-refractivity contribution in [3.8, 4) is 0 Å². The molecular weight excluding hydrogens is 396 g/mol. The predicted octanol–water partition coefficient (Wildman–Crippen LogP) is 1.52. The molecule has 1 aromatic carbocycles. The Balaban J connectivity index is 1.60. The highest BCUT2D eigenvalue weighted by Crippen LogP contribution is 2.19. The number of Topliss-reactive ketones (excluding diaryl/α,β-unsaturated/α-hetero) is 1. The average molecular weight is 420 g/mol. The highest BCUT2D eigenvalue weighted by atomic mass is 32.2. The monoisotopic (exact) mass is 420 g/mol. The summed E-state index contributed by atoms with van der Waals surface area (Å²) in [6.45, 7) is 6.35. The molecule has 2 aromatic rings. The zero-order valence-corrected chi connectivity index (χ0v) is 17.4. The third-order valence-corrected chi connectivity index (χ3v) is 6.89. The van der Waals surface area contributed by atoms with Crippen LogP contribution in [0.2, 0.25) is 0 Å². The second-order valence-electron chi connectivity index (χ2n) is 7.01. The number of amides is 1. The molecule has 1 fully saturated rings. The van der Waals surface area contributed by atoms with Gasteiger partial charge in [0, 0.05) is 37.8 Å². The Morgan fingerprint density at radius 1 is 1.14 bits per heavy atom. The van der Waals surface area contributed by atoms with E-state index in [9.17, 15) is 18.0 Å². The number of rotatable bonds is 6. The third-order valence-electron chi connectivity index (χ3n) is 4.98. The number of nitrogens with zero attached hydrogens (tertiary/aromatic N) is 3. The van der Waals surface area contributed by atoms with Gasteiger partial charge in [-0.3, -0.25) is 14.5 Å². The number of nitrogens with one attached hydrogen (secondary N) is 1. The molecule has 3 rings (SSSR count). The highest BCUT2D eigenvalue weighted by molar-refractivity contribution is 7.89. The second kappa shape index (κ2) is 8.44. The SMILES string of the molecule is CC(=O)c1ccc(S(=O)(=O)N2CCN(C(C)C(=O)Nc3cc(C)on3)CC2)cc1. The molecule has 0 saturated carbocycles. The summed E-state index contributed by atoms with van der Waals surface area (Å²) < 4.78 is 32.0. The van der Waals surface area contributed by atoms with E-state index in [1.165, 1.54) is 35.5 Å². The van der Waals surface area contributed by atoms with Crippen LogP contribution in [-0.4, -0.2) is 66.7 Å². The summed E-state index contributed by atoms with van der Waals surface area (Å²) in [4.78, 5) is 25.9. The Labute approximate surface area is 169 Å². The Kier molecular flexibility index (Phi) is 6.15.